The fraction of sp³-hybridized carbons (Fsp3) is 0.286. The van der Waals surface area contributed by atoms with Gasteiger partial charge >= 0.3 is 0 Å². The number of guanidine groups is 1. The normalized spacial score (nSPS) is 15.9. The molecule has 1 aromatic carbocycles. The molecule has 1 fully saturated rings. The van der Waals surface area contributed by atoms with Crippen molar-refractivity contribution in [2.45, 2.75) is 0 Å². The Balaban J connectivity index is 1.41. The average Bonchev–Trinajstić information content (AvgIpc) is 3.27. The molecule has 0 saturated carbocycles. The molecule has 9 nitrogen and oxygen atoms in total. The van der Waals surface area contributed by atoms with Crippen molar-refractivity contribution in [1.82, 2.24) is 25.4 Å². The Morgan fingerprint density at radius 3 is 2.71 bits per heavy atom. The molecule has 3 aromatic rings. The zero-order chi connectivity index (χ0) is 21.6. The quantitative estimate of drug-likeness (QED) is 0.271. The van der Waals surface area contributed by atoms with Crippen LogP contribution in [0, 0.1) is 0 Å². The van der Waals surface area contributed by atoms with E-state index in [9.17, 15) is 4.79 Å². The number of carbonyl (C=O) groups is 1. The van der Waals surface area contributed by atoms with Gasteiger partial charge in [0.1, 0.15) is 0 Å². The summed E-state index contributed by atoms with van der Waals surface area (Å²) >= 11 is 1.56. The highest BCUT2D eigenvalue weighted by Gasteiger charge is 2.15. The van der Waals surface area contributed by atoms with E-state index in [1.165, 1.54) is 0 Å². The van der Waals surface area contributed by atoms with Crippen molar-refractivity contribution in [2.24, 2.45) is 4.99 Å². The van der Waals surface area contributed by atoms with Crippen LogP contribution in [0.25, 0.3) is 16.3 Å². The second-order valence-corrected chi connectivity index (χ2v) is 8.07. The number of nitrogens with one attached hydrogen (secondary N) is 2. The minimum Gasteiger partial charge on any atom is -0.353 e. The third-order valence-corrected chi connectivity index (χ3v) is 5.81. The molecule has 1 aliphatic rings. The van der Waals surface area contributed by atoms with Crippen LogP contribution < -0.4 is 15.5 Å². The summed E-state index contributed by atoms with van der Waals surface area (Å²) < 4.78 is 1.07. The lowest BCUT2D eigenvalue weighted by molar-refractivity contribution is -0.105. The predicted molar refractivity (Wildman–Crippen MR) is 126 cm³/mol. The first-order chi connectivity index (χ1) is 15.1. The molecule has 1 saturated heterocycles. The lowest BCUT2D eigenvalue weighted by Gasteiger charge is -2.32. The number of anilines is 2. The van der Waals surface area contributed by atoms with Gasteiger partial charge in [-0.1, -0.05) is 6.07 Å². The molecule has 1 aliphatic heterocycles. The summed E-state index contributed by atoms with van der Waals surface area (Å²) in [4.78, 5) is 24.6. The van der Waals surface area contributed by atoms with Gasteiger partial charge in [0.05, 0.1) is 21.4 Å². The van der Waals surface area contributed by atoms with Crippen LogP contribution in [0.1, 0.15) is 5.56 Å². The number of thiazole rings is 1. The molecule has 10 heteroatoms. The Bertz CT molecular complexity index is 1100. The molecule has 31 heavy (non-hydrogen) atoms. The number of hydrogen-bond donors (Lipinski definition) is 2. The Kier molecular flexibility index (Phi) is 6.48. The molecule has 2 aromatic heterocycles. The molecule has 0 unspecified atom stereocenters. The minimum absolute atomic E-state index is 0.374. The average molecular weight is 437 g/mol. The first kappa shape index (κ1) is 20.9. The van der Waals surface area contributed by atoms with Crippen LogP contribution >= 0.6 is 11.3 Å². The molecule has 0 aliphatic carbocycles. The summed E-state index contributed by atoms with van der Waals surface area (Å²) in [6, 6.07) is 9.65. The van der Waals surface area contributed by atoms with Crippen LogP contribution in [0.3, 0.4) is 0 Å². The highest BCUT2D eigenvalue weighted by Crippen LogP contribution is 2.20. The van der Waals surface area contributed by atoms with Crippen molar-refractivity contribution in [1.29, 1.82) is 0 Å². The number of aliphatic imine (C=N–C) groups is 1. The predicted octanol–water partition coefficient (Wildman–Crippen LogP) is 2.07. The number of aromatic nitrogens is 3. The Morgan fingerprint density at radius 2 is 2.00 bits per heavy atom. The number of nitrogens with zero attached hydrogens (tertiary/aromatic N) is 6. The number of fused-ring (bicyclic) bond motifs is 1. The van der Waals surface area contributed by atoms with Crippen LogP contribution in [0.15, 0.2) is 46.5 Å². The lowest BCUT2D eigenvalue weighted by atomic mass is 10.2. The first-order valence-electron chi connectivity index (χ1n) is 9.93. The fourth-order valence-corrected chi connectivity index (χ4v) is 3.96. The lowest BCUT2D eigenvalue weighted by Crippen LogP contribution is -2.44. The number of allylic oxidation sites excluding steroid dienone is 1. The maximum atomic E-state index is 11.6. The summed E-state index contributed by atoms with van der Waals surface area (Å²) in [6.45, 7) is 3.88. The van der Waals surface area contributed by atoms with Gasteiger partial charge in [0.25, 0.3) is 0 Å². The van der Waals surface area contributed by atoms with Gasteiger partial charge in [0.15, 0.2) is 17.9 Å². The Hall–Kier alpha value is -3.37. The number of likely N-dealkylation sites (N-methyl/N-ethyl adjacent to an activating group) is 1. The SMILES string of the molecule is CN=C(N/C(C=O)=C\c1ccc2ncsc2c1)Nc1ccc(N2CCN(C)CC2)nn1. The molecule has 0 spiro atoms. The van der Waals surface area contributed by atoms with E-state index >= 15 is 0 Å². The number of benzene rings is 1. The van der Waals surface area contributed by atoms with Gasteiger partial charge in [-0.25, -0.2) is 4.98 Å². The van der Waals surface area contributed by atoms with Gasteiger partial charge in [0, 0.05) is 33.2 Å². The number of hydrogen-bond acceptors (Lipinski definition) is 8. The van der Waals surface area contributed by atoms with Gasteiger partial charge in [-0.2, -0.15) is 0 Å². The zero-order valence-corrected chi connectivity index (χ0v) is 18.3. The summed E-state index contributed by atoms with van der Waals surface area (Å²) in [5.74, 6) is 1.80. The van der Waals surface area contributed by atoms with Gasteiger partial charge in [-0.15, -0.1) is 21.5 Å². The highest BCUT2D eigenvalue weighted by molar-refractivity contribution is 7.16. The van der Waals surface area contributed by atoms with E-state index < -0.39 is 0 Å². The van der Waals surface area contributed by atoms with Crippen LogP contribution in [0.4, 0.5) is 11.6 Å². The van der Waals surface area contributed by atoms with E-state index in [-0.39, 0.29) is 0 Å². The van der Waals surface area contributed by atoms with Crippen LogP contribution in [0.2, 0.25) is 0 Å². The molecule has 0 atom stereocenters. The minimum atomic E-state index is 0.374. The number of carbonyl (C=O) groups excluding carboxylic acids is 1. The fourth-order valence-electron chi connectivity index (χ4n) is 3.24. The largest absolute Gasteiger partial charge is 0.353 e. The van der Waals surface area contributed by atoms with Gasteiger partial charge in [-0.05, 0) is 43.0 Å². The van der Waals surface area contributed by atoms with Gasteiger partial charge in [-0.3, -0.25) is 9.79 Å². The summed E-state index contributed by atoms with van der Waals surface area (Å²) in [5.41, 5.74) is 4.02. The van der Waals surface area contributed by atoms with Crippen molar-refractivity contribution in [3.05, 3.63) is 47.1 Å². The summed E-state index contributed by atoms with van der Waals surface area (Å²) in [6.07, 6.45) is 2.52. The second kappa shape index (κ2) is 9.63. The molecular weight excluding hydrogens is 412 g/mol. The molecule has 0 radical (unpaired) electrons. The molecule has 160 valence electrons. The van der Waals surface area contributed by atoms with Gasteiger partial charge in [0.2, 0.25) is 5.96 Å². The molecular formula is C21H24N8OS. The van der Waals surface area contributed by atoms with Crippen molar-refractivity contribution < 1.29 is 4.79 Å². The standard InChI is InChI=1S/C21H24N8OS/c1-22-21(24-16(13-30)11-15-3-4-17-18(12-15)31-14-23-17)25-19-5-6-20(27-26-19)29-9-7-28(2)8-10-29/h3-6,11-14H,7-10H2,1-2H3,(H2,22,24,25,26)/b16-11-. The number of piperazine rings is 1. The summed E-state index contributed by atoms with van der Waals surface area (Å²) in [7, 11) is 3.75. The van der Waals surface area contributed by atoms with Crippen LogP contribution in [-0.2, 0) is 4.79 Å². The Labute approximate surface area is 184 Å². The maximum absolute atomic E-state index is 11.6. The van der Waals surface area contributed by atoms with Crippen molar-refractivity contribution in [2.75, 3.05) is 50.5 Å². The van der Waals surface area contributed by atoms with E-state index in [0.717, 1.165) is 54.1 Å². The molecule has 3 heterocycles. The zero-order valence-electron chi connectivity index (χ0n) is 17.4. The van der Waals surface area contributed by atoms with E-state index in [2.05, 4.69) is 47.7 Å². The Morgan fingerprint density at radius 1 is 1.16 bits per heavy atom. The number of aldehydes is 1. The smallest absolute Gasteiger partial charge is 0.201 e. The van der Waals surface area contributed by atoms with E-state index in [1.807, 2.05) is 30.3 Å². The van der Waals surface area contributed by atoms with Crippen molar-refractivity contribution in [3.8, 4) is 0 Å². The van der Waals surface area contributed by atoms with E-state index in [1.54, 1.807) is 30.0 Å². The molecule has 4 rings (SSSR count). The topological polar surface area (TPSA) is 98.6 Å². The highest BCUT2D eigenvalue weighted by atomic mass is 32.1. The van der Waals surface area contributed by atoms with E-state index in [4.69, 9.17) is 0 Å². The molecule has 2 N–H and O–H groups in total. The summed E-state index contributed by atoms with van der Waals surface area (Å²) in [5, 5.41) is 14.7. The van der Waals surface area contributed by atoms with Crippen LogP contribution in [-0.4, -0.2) is 72.6 Å². The van der Waals surface area contributed by atoms with E-state index in [0.29, 0.717) is 17.5 Å². The van der Waals surface area contributed by atoms with Crippen molar-refractivity contribution in [3.63, 3.8) is 0 Å². The molecule has 0 amide bonds. The number of rotatable bonds is 5. The first-order valence-corrected chi connectivity index (χ1v) is 10.8. The van der Waals surface area contributed by atoms with Crippen molar-refractivity contribution >= 4 is 51.5 Å². The second-order valence-electron chi connectivity index (χ2n) is 7.19. The monoisotopic (exact) mass is 436 g/mol. The molecule has 0 bridgehead atoms. The van der Waals surface area contributed by atoms with Gasteiger partial charge < -0.3 is 20.4 Å². The maximum Gasteiger partial charge on any atom is 0.201 e. The third-order valence-electron chi connectivity index (χ3n) is 5.02. The third kappa shape index (κ3) is 5.22. The van der Waals surface area contributed by atoms with Crippen LogP contribution in [0.5, 0.6) is 0 Å².